The highest BCUT2D eigenvalue weighted by atomic mass is 15.0. The van der Waals surface area contributed by atoms with Gasteiger partial charge in [0.05, 0.1) is 5.54 Å². The molecule has 1 aromatic heterocycles. The third-order valence-corrected chi connectivity index (χ3v) is 3.75. The lowest BCUT2D eigenvalue weighted by Gasteiger charge is -2.46. The molecule has 14 heavy (non-hydrogen) atoms. The first-order valence-corrected chi connectivity index (χ1v) is 5.35. The largest absolute Gasteiger partial charge is 0.347 e. The number of imidazole rings is 1. The molecular weight excluding hydrogens is 174 g/mol. The monoisotopic (exact) mass is 193 g/mol. The van der Waals surface area contributed by atoms with Crippen LogP contribution in [-0.2, 0) is 5.54 Å². The Hall–Kier alpha value is -0.830. The molecule has 0 aliphatic heterocycles. The maximum atomic E-state index is 6.51. The van der Waals surface area contributed by atoms with Gasteiger partial charge in [-0.05, 0) is 18.3 Å². The third-order valence-electron chi connectivity index (χ3n) is 3.75. The molecule has 2 rings (SSSR count). The molecule has 1 aliphatic carbocycles. The molecule has 1 aromatic rings. The Kier molecular flexibility index (Phi) is 2.14. The topological polar surface area (TPSA) is 54.7 Å². The van der Waals surface area contributed by atoms with Crippen molar-refractivity contribution in [1.29, 1.82) is 0 Å². The minimum absolute atomic E-state index is 0.142. The number of hydrogen-bond donors (Lipinski definition) is 2. The zero-order chi connectivity index (χ0) is 10.2. The molecule has 0 bridgehead atoms. The summed E-state index contributed by atoms with van der Waals surface area (Å²) in [5.41, 5.74) is 6.38. The maximum absolute atomic E-state index is 6.51. The van der Waals surface area contributed by atoms with E-state index in [2.05, 4.69) is 23.8 Å². The highest BCUT2D eigenvalue weighted by Crippen LogP contribution is 2.47. The van der Waals surface area contributed by atoms with Crippen molar-refractivity contribution in [3.63, 3.8) is 0 Å². The predicted molar refractivity (Wildman–Crippen MR) is 56.7 cm³/mol. The van der Waals surface area contributed by atoms with E-state index in [9.17, 15) is 0 Å². The van der Waals surface area contributed by atoms with E-state index in [1.54, 1.807) is 6.20 Å². The van der Waals surface area contributed by atoms with Gasteiger partial charge in [-0.15, -0.1) is 0 Å². The molecule has 0 saturated heterocycles. The molecule has 3 nitrogen and oxygen atoms in total. The summed E-state index contributed by atoms with van der Waals surface area (Å²) >= 11 is 0. The number of aromatic amines is 1. The van der Waals surface area contributed by atoms with Gasteiger partial charge in [-0.25, -0.2) is 4.98 Å². The number of rotatable bonds is 1. The second-order valence-electron chi connectivity index (χ2n) is 5.00. The Bertz CT molecular complexity index is 302. The fourth-order valence-corrected chi connectivity index (χ4v) is 2.48. The lowest BCUT2D eigenvalue weighted by molar-refractivity contribution is 0.0905. The second-order valence-corrected chi connectivity index (χ2v) is 5.00. The van der Waals surface area contributed by atoms with Gasteiger partial charge in [0.1, 0.15) is 5.82 Å². The van der Waals surface area contributed by atoms with E-state index in [-0.39, 0.29) is 11.0 Å². The van der Waals surface area contributed by atoms with Crippen LogP contribution in [0.5, 0.6) is 0 Å². The van der Waals surface area contributed by atoms with E-state index in [1.807, 2.05) is 6.20 Å². The van der Waals surface area contributed by atoms with Crippen molar-refractivity contribution in [3.8, 4) is 0 Å². The fourth-order valence-electron chi connectivity index (χ4n) is 2.48. The molecule has 3 heteroatoms. The van der Waals surface area contributed by atoms with Gasteiger partial charge in [0, 0.05) is 12.4 Å². The summed E-state index contributed by atoms with van der Waals surface area (Å²) in [6.45, 7) is 4.49. The fraction of sp³-hybridized carbons (Fsp3) is 0.727. The normalized spacial score (nSPS) is 31.6. The average Bonchev–Trinajstić information content (AvgIpc) is 2.63. The quantitative estimate of drug-likeness (QED) is 0.718. The number of aromatic nitrogens is 2. The van der Waals surface area contributed by atoms with Crippen LogP contribution in [0.15, 0.2) is 12.4 Å². The molecule has 0 amide bonds. The predicted octanol–water partition coefficient (Wildman–Crippen LogP) is 2.16. The van der Waals surface area contributed by atoms with Gasteiger partial charge in [0.25, 0.3) is 0 Å². The molecular formula is C11H19N3. The molecule has 1 saturated carbocycles. The number of hydrogen-bond acceptors (Lipinski definition) is 2. The van der Waals surface area contributed by atoms with Crippen LogP contribution in [0.4, 0.5) is 0 Å². The highest BCUT2D eigenvalue weighted by Gasteiger charge is 2.46. The number of nitrogens with one attached hydrogen (secondary N) is 1. The summed E-state index contributed by atoms with van der Waals surface area (Å²) < 4.78 is 0. The zero-order valence-corrected chi connectivity index (χ0v) is 9.01. The van der Waals surface area contributed by atoms with Gasteiger partial charge in [0.15, 0.2) is 0 Å². The highest BCUT2D eigenvalue weighted by molar-refractivity contribution is 5.13. The molecule has 1 aliphatic rings. The van der Waals surface area contributed by atoms with Crippen LogP contribution in [0.3, 0.4) is 0 Å². The van der Waals surface area contributed by atoms with Crippen molar-refractivity contribution in [2.45, 2.75) is 45.1 Å². The van der Waals surface area contributed by atoms with Crippen molar-refractivity contribution in [2.24, 2.45) is 11.1 Å². The molecule has 0 aromatic carbocycles. The molecule has 1 fully saturated rings. The van der Waals surface area contributed by atoms with Crippen LogP contribution in [0.25, 0.3) is 0 Å². The summed E-state index contributed by atoms with van der Waals surface area (Å²) in [7, 11) is 0. The van der Waals surface area contributed by atoms with Gasteiger partial charge in [0.2, 0.25) is 0 Å². The van der Waals surface area contributed by atoms with E-state index in [0.717, 1.165) is 12.2 Å². The van der Waals surface area contributed by atoms with Crippen molar-refractivity contribution < 1.29 is 0 Å². The first-order chi connectivity index (χ1) is 6.56. The van der Waals surface area contributed by atoms with Crippen molar-refractivity contribution in [3.05, 3.63) is 18.2 Å². The van der Waals surface area contributed by atoms with Crippen LogP contribution in [-0.4, -0.2) is 9.97 Å². The van der Waals surface area contributed by atoms with Gasteiger partial charge in [-0.3, -0.25) is 0 Å². The molecule has 0 radical (unpaired) electrons. The minimum Gasteiger partial charge on any atom is -0.347 e. The number of H-pyrrole nitrogens is 1. The second kappa shape index (κ2) is 3.09. The van der Waals surface area contributed by atoms with Crippen LogP contribution in [0.1, 0.15) is 45.4 Å². The first kappa shape index (κ1) is 9.71. The van der Waals surface area contributed by atoms with E-state index in [4.69, 9.17) is 5.73 Å². The maximum Gasteiger partial charge on any atom is 0.126 e. The Morgan fingerprint density at radius 2 is 2.07 bits per heavy atom. The molecule has 1 unspecified atom stereocenters. The van der Waals surface area contributed by atoms with E-state index >= 15 is 0 Å². The van der Waals surface area contributed by atoms with Crippen molar-refractivity contribution in [2.75, 3.05) is 0 Å². The van der Waals surface area contributed by atoms with Crippen molar-refractivity contribution >= 4 is 0 Å². The summed E-state index contributed by atoms with van der Waals surface area (Å²) in [5.74, 6) is 0.946. The summed E-state index contributed by atoms with van der Waals surface area (Å²) in [6.07, 6.45) is 8.36. The Morgan fingerprint density at radius 3 is 2.64 bits per heavy atom. The summed E-state index contributed by atoms with van der Waals surface area (Å²) in [6, 6.07) is 0. The molecule has 3 N–H and O–H groups in total. The van der Waals surface area contributed by atoms with Gasteiger partial charge >= 0.3 is 0 Å². The van der Waals surface area contributed by atoms with Gasteiger partial charge < -0.3 is 10.7 Å². The van der Waals surface area contributed by atoms with Crippen LogP contribution < -0.4 is 5.73 Å². The van der Waals surface area contributed by atoms with Gasteiger partial charge in [-0.2, -0.15) is 0 Å². The van der Waals surface area contributed by atoms with Crippen LogP contribution in [0, 0.1) is 5.41 Å². The van der Waals surface area contributed by atoms with E-state index in [1.165, 1.54) is 19.3 Å². The van der Waals surface area contributed by atoms with E-state index in [0.29, 0.717) is 0 Å². The molecule has 1 atom stereocenters. The molecule has 78 valence electrons. The van der Waals surface area contributed by atoms with Crippen molar-refractivity contribution in [1.82, 2.24) is 9.97 Å². The molecule has 1 heterocycles. The third kappa shape index (κ3) is 1.27. The summed E-state index contributed by atoms with van der Waals surface area (Å²) in [4.78, 5) is 7.49. The molecule has 0 spiro atoms. The first-order valence-electron chi connectivity index (χ1n) is 5.35. The lowest BCUT2D eigenvalue weighted by Crippen LogP contribution is -2.52. The Balaban J connectivity index is 2.37. The minimum atomic E-state index is -0.269. The van der Waals surface area contributed by atoms with Crippen LogP contribution >= 0.6 is 0 Å². The SMILES string of the molecule is CC1(C)CCCCC1(N)c1ncc[nH]1. The standard InChI is InChI=1S/C11H19N3/c1-10(2)5-3-4-6-11(10,12)9-13-7-8-14-9/h7-8H,3-6,12H2,1-2H3,(H,13,14). The van der Waals surface area contributed by atoms with Crippen LogP contribution in [0.2, 0.25) is 0 Å². The summed E-state index contributed by atoms with van der Waals surface area (Å²) in [5, 5.41) is 0. The lowest BCUT2D eigenvalue weighted by atomic mass is 9.63. The Morgan fingerprint density at radius 1 is 1.36 bits per heavy atom. The average molecular weight is 193 g/mol. The van der Waals surface area contributed by atoms with Gasteiger partial charge in [-0.1, -0.05) is 26.7 Å². The Labute approximate surface area is 85.1 Å². The van der Waals surface area contributed by atoms with E-state index < -0.39 is 0 Å². The smallest absolute Gasteiger partial charge is 0.126 e. The zero-order valence-electron chi connectivity index (χ0n) is 9.01. The number of nitrogens with zero attached hydrogens (tertiary/aromatic N) is 1. The number of nitrogens with two attached hydrogens (primary N) is 1.